The van der Waals surface area contributed by atoms with Crippen molar-refractivity contribution in [3.8, 4) is 11.3 Å². The summed E-state index contributed by atoms with van der Waals surface area (Å²) in [5.74, 6) is -0.956. The van der Waals surface area contributed by atoms with Gasteiger partial charge >= 0.3 is 5.97 Å². The first-order valence-electron chi connectivity index (χ1n) is 4.93. The first-order valence-corrected chi connectivity index (χ1v) is 4.93. The molecule has 3 nitrogen and oxygen atoms in total. The van der Waals surface area contributed by atoms with Gasteiger partial charge in [-0.05, 0) is 19.1 Å². The normalized spacial score (nSPS) is 10.1. The third-order valence-electron chi connectivity index (χ3n) is 2.36. The summed E-state index contributed by atoms with van der Waals surface area (Å²) in [5.41, 5.74) is 3.16. The van der Waals surface area contributed by atoms with Gasteiger partial charge in [0.05, 0.1) is 11.3 Å². The van der Waals surface area contributed by atoms with E-state index in [1.807, 2.05) is 31.2 Å². The average molecular weight is 213 g/mol. The lowest BCUT2D eigenvalue weighted by Gasteiger charge is -2.01. The zero-order valence-electron chi connectivity index (χ0n) is 8.84. The fourth-order valence-corrected chi connectivity index (χ4v) is 1.42. The molecule has 1 heterocycles. The second kappa shape index (κ2) is 4.14. The van der Waals surface area contributed by atoms with Crippen molar-refractivity contribution in [3.63, 3.8) is 0 Å². The van der Waals surface area contributed by atoms with Crippen molar-refractivity contribution in [3.05, 3.63) is 53.7 Å². The minimum Gasteiger partial charge on any atom is -0.478 e. The summed E-state index contributed by atoms with van der Waals surface area (Å²) in [4.78, 5) is 14.8. The summed E-state index contributed by atoms with van der Waals surface area (Å²) in [6.07, 6.45) is 1.37. The summed E-state index contributed by atoms with van der Waals surface area (Å²) in [7, 11) is 0. The molecular weight excluding hydrogens is 202 g/mol. The first kappa shape index (κ1) is 10.4. The quantitative estimate of drug-likeness (QED) is 0.834. The average Bonchev–Trinajstić information content (AvgIpc) is 2.30. The van der Waals surface area contributed by atoms with E-state index in [2.05, 4.69) is 4.98 Å². The van der Waals surface area contributed by atoms with E-state index < -0.39 is 5.97 Å². The highest BCUT2D eigenvalue weighted by Crippen LogP contribution is 2.17. The summed E-state index contributed by atoms with van der Waals surface area (Å²) < 4.78 is 0. The molecule has 1 N–H and O–H groups in total. The van der Waals surface area contributed by atoms with Crippen LogP contribution in [0.1, 0.15) is 15.9 Å². The second-order valence-corrected chi connectivity index (χ2v) is 3.60. The minimum absolute atomic E-state index is 0.205. The zero-order chi connectivity index (χ0) is 11.5. The Hall–Kier alpha value is -2.16. The van der Waals surface area contributed by atoms with Crippen molar-refractivity contribution >= 4 is 5.97 Å². The number of hydrogen-bond donors (Lipinski definition) is 1. The molecule has 0 saturated carbocycles. The lowest BCUT2D eigenvalue weighted by molar-refractivity contribution is 0.0696. The Bertz CT molecular complexity index is 500. The van der Waals surface area contributed by atoms with Crippen LogP contribution in [0.25, 0.3) is 11.3 Å². The van der Waals surface area contributed by atoms with Crippen molar-refractivity contribution in [1.82, 2.24) is 4.98 Å². The van der Waals surface area contributed by atoms with Gasteiger partial charge in [-0.25, -0.2) is 4.79 Å². The Morgan fingerprint density at radius 1 is 1.12 bits per heavy atom. The van der Waals surface area contributed by atoms with E-state index >= 15 is 0 Å². The first-order chi connectivity index (χ1) is 7.66. The van der Waals surface area contributed by atoms with Crippen molar-refractivity contribution in [2.45, 2.75) is 6.92 Å². The van der Waals surface area contributed by atoms with E-state index in [0.717, 1.165) is 11.3 Å². The maximum atomic E-state index is 10.7. The maximum Gasteiger partial charge on any atom is 0.337 e. The Labute approximate surface area is 93.4 Å². The van der Waals surface area contributed by atoms with Gasteiger partial charge in [-0.1, -0.05) is 29.8 Å². The highest BCUT2D eigenvalue weighted by molar-refractivity contribution is 5.87. The number of hydrogen-bond acceptors (Lipinski definition) is 2. The number of carboxylic acids is 1. The van der Waals surface area contributed by atoms with Crippen LogP contribution < -0.4 is 0 Å². The van der Waals surface area contributed by atoms with Gasteiger partial charge in [-0.3, -0.25) is 4.98 Å². The molecule has 0 radical (unpaired) electrons. The van der Waals surface area contributed by atoms with E-state index in [4.69, 9.17) is 5.11 Å². The van der Waals surface area contributed by atoms with E-state index in [1.54, 1.807) is 12.1 Å². The predicted molar refractivity (Wildman–Crippen MR) is 61.4 cm³/mol. The van der Waals surface area contributed by atoms with Gasteiger partial charge in [-0.2, -0.15) is 0 Å². The number of aryl methyl sites for hydroxylation is 1. The monoisotopic (exact) mass is 213 g/mol. The molecule has 0 atom stereocenters. The van der Waals surface area contributed by atoms with Crippen molar-refractivity contribution < 1.29 is 9.90 Å². The molecule has 0 fully saturated rings. The van der Waals surface area contributed by atoms with Crippen LogP contribution >= 0.6 is 0 Å². The number of pyridine rings is 1. The molecule has 2 rings (SSSR count). The van der Waals surface area contributed by atoms with Gasteiger partial charge in [0.15, 0.2) is 0 Å². The van der Waals surface area contributed by atoms with Crippen LogP contribution in [0.4, 0.5) is 0 Å². The fraction of sp³-hybridized carbons (Fsp3) is 0.0769. The van der Waals surface area contributed by atoms with Gasteiger partial charge in [0.1, 0.15) is 0 Å². The molecule has 0 spiro atoms. The highest BCUT2D eigenvalue weighted by atomic mass is 16.4. The number of carbonyl (C=O) groups is 1. The molecule has 0 aliphatic heterocycles. The Balaban J connectivity index is 2.34. The summed E-state index contributed by atoms with van der Waals surface area (Å²) in [6.45, 7) is 2.02. The fourth-order valence-electron chi connectivity index (χ4n) is 1.42. The van der Waals surface area contributed by atoms with E-state index in [9.17, 15) is 4.79 Å². The molecule has 0 bridgehead atoms. The van der Waals surface area contributed by atoms with Crippen LogP contribution in [-0.2, 0) is 0 Å². The molecule has 0 aliphatic carbocycles. The van der Waals surface area contributed by atoms with Crippen LogP contribution in [0.3, 0.4) is 0 Å². The Morgan fingerprint density at radius 2 is 1.81 bits per heavy atom. The molecule has 80 valence electrons. The van der Waals surface area contributed by atoms with Crippen LogP contribution in [0.2, 0.25) is 0 Å². The number of nitrogens with zero attached hydrogens (tertiary/aromatic N) is 1. The van der Waals surface area contributed by atoms with Gasteiger partial charge < -0.3 is 5.11 Å². The number of aromatic nitrogens is 1. The largest absolute Gasteiger partial charge is 0.478 e. The highest BCUT2D eigenvalue weighted by Gasteiger charge is 2.03. The molecule has 16 heavy (non-hydrogen) atoms. The molecule has 0 amide bonds. The SMILES string of the molecule is Cc1ccc(-c2ccc(C(=O)O)cn2)cc1. The van der Waals surface area contributed by atoms with Gasteiger partial charge in [0.25, 0.3) is 0 Å². The van der Waals surface area contributed by atoms with Crippen LogP contribution in [0.5, 0.6) is 0 Å². The summed E-state index contributed by atoms with van der Waals surface area (Å²) in [6, 6.07) is 11.2. The van der Waals surface area contributed by atoms with Crippen molar-refractivity contribution in [1.29, 1.82) is 0 Å². The minimum atomic E-state index is -0.956. The molecular formula is C13H11NO2. The third kappa shape index (κ3) is 2.08. The molecule has 0 saturated heterocycles. The second-order valence-electron chi connectivity index (χ2n) is 3.60. The van der Waals surface area contributed by atoms with Crippen LogP contribution in [0, 0.1) is 6.92 Å². The van der Waals surface area contributed by atoms with Gasteiger partial charge in [0, 0.05) is 11.8 Å². The van der Waals surface area contributed by atoms with E-state index in [1.165, 1.54) is 11.8 Å². The lowest BCUT2D eigenvalue weighted by atomic mass is 10.1. The summed E-state index contributed by atoms with van der Waals surface area (Å²) >= 11 is 0. The zero-order valence-corrected chi connectivity index (χ0v) is 8.84. The predicted octanol–water partition coefficient (Wildman–Crippen LogP) is 2.76. The number of benzene rings is 1. The third-order valence-corrected chi connectivity index (χ3v) is 2.36. The Morgan fingerprint density at radius 3 is 2.31 bits per heavy atom. The van der Waals surface area contributed by atoms with Crippen LogP contribution in [0.15, 0.2) is 42.6 Å². The van der Waals surface area contributed by atoms with E-state index in [-0.39, 0.29) is 5.56 Å². The molecule has 1 aromatic carbocycles. The number of aromatic carboxylic acids is 1. The van der Waals surface area contributed by atoms with Gasteiger partial charge in [0.2, 0.25) is 0 Å². The lowest BCUT2D eigenvalue weighted by Crippen LogP contribution is -1.96. The molecule has 0 aliphatic rings. The van der Waals surface area contributed by atoms with Crippen LogP contribution in [-0.4, -0.2) is 16.1 Å². The standard InChI is InChI=1S/C13H11NO2/c1-9-2-4-10(5-3-9)12-7-6-11(8-14-12)13(15)16/h2-8H,1H3,(H,15,16). The molecule has 2 aromatic rings. The maximum absolute atomic E-state index is 10.7. The molecule has 3 heteroatoms. The van der Waals surface area contributed by atoms with E-state index in [0.29, 0.717) is 0 Å². The molecule has 1 aromatic heterocycles. The topological polar surface area (TPSA) is 50.2 Å². The molecule has 0 unspecified atom stereocenters. The smallest absolute Gasteiger partial charge is 0.337 e. The summed E-state index contributed by atoms with van der Waals surface area (Å²) in [5, 5.41) is 8.74. The van der Waals surface area contributed by atoms with Gasteiger partial charge in [-0.15, -0.1) is 0 Å². The van der Waals surface area contributed by atoms with Crippen molar-refractivity contribution in [2.75, 3.05) is 0 Å². The van der Waals surface area contributed by atoms with Crippen molar-refractivity contribution in [2.24, 2.45) is 0 Å². The number of rotatable bonds is 2. The Kier molecular flexibility index (Phi) is 2.68. The number of carboxylic acid groups (broad SMARTS) is 1.